The third-order valence-corrected chi connectivity index (χ3v) is 4.27. The molecule has 3 nitrogen and oxygen atoms in total. The monoisotopic (exact) mass is 239 g/mol. The van der Waals surface area contributed by atoms with Crippen LogP contribution in [0.5, 0.6) is 0 Å². The second-order valence-corrected chi connectivity index (χ2v) is 5.84. The minimum absolute atomic E-state index is 0.657. The summed E-state index contributed by atoms with van der Waals surface area (Å²) < 4.78 is 2.33. The molecule has 1 aliphatic rings. The highest BCUT2D eigenvalue weighted by molar-refractivity contribution is 7.99. The topological polar surface area (TPSA) is 29.9 Å². The van der Waals surface area contributed by atoms with Crippen LogP contribution in [0.1, 0.15) is 31.4 Å². The van der Waals surface area contributed by atoms with Gasteiger partial charge in [-0.05, 0) is 25.6 Å². The van der Waals surface area contributed by atoms with Gasteiger partial charge in [0.1, 0.15) is 0 Å². The molecule has 4 heteroatoms. The highest BCUT2D eigenvalue weighted by atomic mass is 32.2. The maximum Gasteiger partial charge on any atom is 0.0948 e. The fraction of sp³-hybridized carbons (Fsp3) is 0.750. The largest absolute Gasteiger partial charge is 0.333 e. The Labute approximate surface area is 102 Å². The molecule has 2 heterocycles. The van der Waals surface area contributed by atoms with Crippen molar-refractivity contribution in [1.29, 1.82) is 0 Å². The SMILES string of the molecule is CSC(C)Cn1cncc1C1CCCNC1. The predicted molar refractivity (Wildman–Crippen MR) is 70.0 cm³/mol. The van der Waals surface area contributed by atoms with Gasteiger partial charge in [0.05, 0.1) is 6.33 Å². The van der Waals surface area contributed by atoms with E-state index in [2.05, 4.69) is 28.0 Å². The van der Waals surface area contributed by atoms with Crippen LogP contribution in [-0.2, 0) is 6.54 Å². The van der Waals surface area contributed by atoms with E-state index in [1.54, 1.807) is 0 Å². The van der Waals surface area contributed by atoms with Crippen molar-refractivity contribution in [1.82, 2.24) is 14.9 Å². The Hall–Kier alpha value is -0.480. The van der Waals surface area contributed by atoms with Gasteiger partial charge in [0, 0.05) is 36.1 Å². The van der Waals surface area contributed by atoms with Gasteiger partial charge in [-0.1, -0.05) is 6.92 Å². The highest BCUT2D eigenvalue weighted by Gasteiger charge is 2.19. The molecule has 1 aromatic rings. The Morgan fingerprint density at radius 3 is 3.25 bits per heavy atom. The minimum atomic E-state index is 0.657. The molecular weight excluding hydrogens is 218 g/mol. The molecule has 2 unspecified atom stereocenters. The maximum atomic E-state index is 4.31. The summed E-state index contributed by atoms with van der Waals surface area (Å²) in [6, 6.07) is 0. The fourth-order valence-electron chi connectivity index (χ4n) is 2.28. The van der Waals surface area contributed by atoms with Crippen LogP contribution in [-0.4, -0.2) is 34.1 Å². The first-order valence-corrected chi connectivity index (χ1v) is 7.33. The molecule has 0 radical (unpaired) electrons. The molecule has 0 aliphatic carbocycles. The molecular formula is C12H21N3S. The van der Waals surface area contributed by atoms with Crippen LogP contribution in [0.4, 0.5) is 0 Å². The van der Waals surface area contributed by atoms with Crippen LogP contribution in [0, 0.1) is 0 Å². The molecule has 1 aromatic heterocycles. The lowest BCUT2D eigenvalue weighted by atomic mass is 9.96. The summed E-state index contributed by atoms with van der Waals surface area (Å²) in [7, 11) is 0. The Morgan fingerprint density at radius 1 is 1.69 bits per heavy atom. The summed E-state index contributed by atoms with van der Waals surface area (Å²) in [4.78, 5) is 4.31. The standard InChI is InChI=1S/C12H21N3S/c1-10(16-2)8-15-9-14-7-12(15)11-4-3-5-13-6-11/h7,9-11,13H,3-6,8H2,1-2H3. The van der Waals surface area contributed by atoms with Crippen LogP contribution in [0.3, 0.4) is 0 Å². The smallest absolute Gasteiger partial charge is 0.0948 e. The molecule has 2 atom stereocenters. The van der Waals surface area contributed by atoms with E-state index < -0.39 is 0 Å². The normalized spacial score (nSPS) is 23.2. The predicted octanol–water partition coefficient (Wildman–Crippen LogP) is 2.10. The maximum absolute atomic E-state index is 4.31. The first-order chi connectivity index (χ1) is 7.81. The molecule has 1 aliphatic heterocycles. The lowest BCUT2D eigenvalue weighted by Crippen LogP contribution is -2.30. The summed E-state index contributed by atoms with van der Waals surface area (Å²) >= 11 is 1.91. The molecule has 0 saturated carbocycles. The van der Waals surface area contributed by atoms with E-state index in [1.807, 2.05) is 24.3 Å². The number of piperidine rings is 1. The quantitative estimate of drug-likeness (QED) is 0.872. The average molecular weight is 239 g/mol. The van der Waals surface area contributed by atoms with Crippen LogP contribution in [0.25, 0.3) is 0 Å². The van der Waals surface area contributed by atoms with Crippen LogP contribution >= 0.6 is 11.8 Å². The lowest BCUT2D eigenvalue weighted by Gasteiger charge is -2.24. The summed E-state index contributed by atoms with van der Waals surface area (Å²) in [6.45, 7) is 5.63. The van der Waals surface area contributed by atoms with Crippen molar-refractivity contribution < 1.29 is 0 Å². The molecule has 0 spiro atoms. The summed E-state index contributed by atoms with van der Waals surface area (Å²) in [6.07, 6.45) is 8.78. The first kappa shape index (κ1) is 12.0. The van der Waals surface area contributed by atoms with Crippen LogP contribution in [0.2, 0.25) is 0 Å². The zero-order valence-electron chi connectivity index (χ0n) is 10.1. The number of thioether (sulfide) groups is 1. The van der Waals surface area contributed by atoms with Crippen LogP contribution < -0.4 is 5.32 Å². The van der Waals surface area contributed by atoms with E-state index in [0.717, 1.165) is 13.1 Å². The van der Waals surface area contributed by atoms with E-state index in [0.29, 0.717) is 11.2 Å². The molecule has 0 amide bonds. The number of hydrogen-bond donors (Lipinski definition) is 1. The number of nitrogens with zero attached hydrogens (tertiary/aromatic N) is 2. The molecule has 1 N–H and O–H groups in total. The zero-order chi connectivity index (χ0) is 11.4. The van der Waals surface area contributed by atoms with Gasteiger partial charge in [0.15, 0.2) is 0 Å². The van der Waals surface area contributed by atoms with Crippen molar-refractivity contribution in [3.63, 3.8) is 0 Å². The van der Waals surface area contributed by atoms with E-state index in [-0.39, 0.29) is 0 Å². The Bertz CT molecular complexity index is 318. The van der Waals surface area contributed by atoms with Gasteiger partial charge in [0.25, 0.3) is 0 Å². The third kappa shape index (κ3) is 2.80. The van der Waals surface area contributed by atoms with E-state index in [9.17, 15) is 0 Å². The second-order valence-electron chi connectivity index (χ2n) is 4.56. The van der Waals surface area contributed by atoms with Crippen molar-refractivity contribution in [2.45, 2.75) is 37.5 Å². The average Bonchev–Trinajstić information content (AvgIpc) is 2.78. The number of hydrogen-bond acceptors (Lipinski definition) is 3. The van der Waals surface area contributed by atoms with Gasteiger partial charge in [-0.2, -0.15) is 11.8 Å². The van der Waals surface area contributed by atoms with Crippen molar-refractivity contribution in [2.75, 3.05) is 19.3 Å². The Balaban J connectivity index is 2.05. The Kier molecular flexibility index (Phi) is 4.29. The van der Waals surface area contributed by atoms with Crippen molar-refractivity contribution >= 4 is 11.8 Å². The lowest BCUT2D eigenvalue weighted by molar-refractivity contribution is 0.440. The van der Waals surface area contributed by atoms with Gasteiger partial charge in [-0.15, -0.1) is 0 Å². The van der Waals surface area contributed by atoms with Crippen molar-refractivity contribution in [3.05, 3.63) is 18.2 Å². The van der Waals surface area contributed by atoms with E-state index in [1.165, 1.54) is 25.1 Å². The number of aromatic nitrogens is 2. The molecule has 2 rings (SSSR count). The summed E-state index contributed by atoms with van der Waals surface area (Å²) in [5, 5.41) is 4.13. The van der Waals surface area contributed by atoms with Gasteiger partial charge in [-0.25, -0.2) is 4.98 Å². The van der Waals surface area contributed by atoms with Crippen molar-refractivity contribution in [2.24, 2.45) is 0 Å². The second kappa shape index (κ2) is 5.73. The summed E-state index contributed by atoms with van der Waals surface area (Å²) in [5.74, 6) is 0.658. The van der Waals surface area contributed by atoms with Gasteiger partial charge in [0.2, 0.25) is 0 Å². The number of rotatable bonds is 4. The molecule has 1 fully saturated rings. The van der Waals surface area contributed by atoms with Gasteiger partial charge in [-0.3, -0.25) is 0 Å². The van der Waals surface area contributed by atoms with E-state index in [4.69, 9.17) is 0 Å². The fourth-order valence-corrected chi connectivity index (χ4v) is 2.59. The molecule has 1 saturated heterocycles. The minimum Gasteiger partial charge on any atom is -0.333 e. The molecule has 90 valence electrons. The van der Waals surface area contributed by atoms with Gasteiger partial charge >= 0.3 is 0 Å². The third-order valence-electron chi connectivity index (χ3n) is 3.32. The van der Waals surface area contributed by atoms with Crippen molar-refractivity contribution in [3.8, 4) is 0 Å². The first-order valence-electron chi connectivity index (χ1n) is 6.04. The van der Waals surface area contributed by atoms with Crippen LogP contribution in [0.15, 0.2) is 12.5 Å². The highest BCUT2D eigenvalue weighted by Crippen LogP contribution is 2.23. The molecule has 0 aromatic carbocycles. The molecule has 0 bridgehead atoms. The van der Waals surface area contributed by atoms with Gasteiger partial charge < -0.3 is 9.88 Å². The van der Waals surface area contributed by atoms with E-state index >= 15 is 0 Å². The Morgan fingerprint density at radius 2 is 2.56 bits per heavy atom. The molecule has 16 heavy (non-hydrogen) atoms. The zero-order valence-corrected chi connectivity index (χ0v) is 11.0. The summed E-state index contributed by atoms with van der Waals surface area (Å²) in [5.41, 5.74) is 1.41. The number of nitrogens with one attached hydrogen (secondary N) is 1. The number of imidazole rings is 1.